The van der Waals surface area contributed by atoms with Crippen LogP contribution in [0.15, 0.2) is 48.5 Å². The van der Waals surface area contributed by atoms with Crippen LogP contribution >= 0.6 is 0 Å². The van der Waals surface area contributed by atoms with Crippen LogP contribution in [0.1, 0.15) is 24.0 Å². The second-order valence-electron chi connectivity index (χ2n) is 5.37. The fraction of sp³-hybridized carbons (Fsp3) is 0.235. The van der Waals surface area contributed by atoms with Gasteiger partial charge in [-0.2, -0.15) is 0 Å². The molecule has 2 aromatic carbocycles. The number of aliphatic hydroxyl groups is 1. The van der Waals surface area contributed by atoms with E-state index in [-0.39, 0.29) is 18.3 Å². The molecule has 0 heterocycles. The summed E-state index contributed by atoms with van der Waals surface area (Å²) in [5.74, 6) is -0.531. The van der Waals surface area contributed by atoms with Gasteiger partial charge in [-0.15, -0.1) is 0 Å². The molecule has 2 aromatic rings. The topological polar surface area (TPSA) is 49.3 Å². The Hall–Kier alpha value is -2.20. The van der Waals surface area contributed by atoms with Crippen LogP contribution in [0.4, 0.5) is 10.1 Å². The summed E-state index contributed by atoms with van der Waals surface area (Å²) in [6, 6.07) is 13.4. The number of anilines is 1. The number of aliphatic hydroxyl groups excluding tert-OH is 1. The first-order valence-corrected chi connectivity index (χ1v) is 6.92. The summed E-state index contributed by atoms with van der Waals surface area (Å²) in [5, 5.41) is 11.9. The molecule has 108 valence electrons. The van der Waals surface area contributed by atoms with Gasteiger partial charge in [-0.05, 0) is 36.6 Å². The van der Waals surface area contributed by atoms with E-state index in [0.29, 0.717) is 24.1 Å². The van der Waals surface area contributed by atoms with E-state index >= 15 is 0 Å². The van der Waals surface area contributed by atoms with Crippen molar-refractivity contribution in [3.8, 4) is 0 Å². The summed E-state index contributed by atoms with van der Waals surface area (Å²) >= 11 is 0. The molecule has 0 spiro atoms. The van der Waals surface area contributed by atoms with Gasteiger partial charge in [0.1, 0.15) is 5.82 Å². The summed E-state index contributed by atoms with van der Waals surface area (Å²) < 4.78 is 13.9. The molecule has 0 atom stereocenters. The van der Waals surface area contributed by atoms with Crippen LogP contribution in [0.2, 0.25) is 0 Å². The highest BCUT2D eigenvalue weighted by molar-refractivity contribution is 6.01. The van der Waals surface area contributed by atoms with Crippen molar-refractivity contribution in [3.63, 3.8) is 0 Å². The van der Waals surface area contributed by atoms with E-state index in [1.54, 1.807) is 42.5 Å². The van der Waals surface area contributed by atoms with Crippen molar-refractivity contribution in [3.05, 3.63) is 65.5 Å². The van der Waals surface area contributed by atoms with Gasteiger partial charge in [-0.3, -0.25) is 4.79 Å². The Labute approximate surface area is 122 Å². The zero-order valence-electron chi connectivity index (χ0n) is 11.5. The van der Waals surface area contributed by atoms with Gasteiger partial charge < -0.3 is 10.4 Å². The molecule has 0 unspecified atom stereocenters. The Morgan fingerprint density at radius 3 is 2.62 bits per heavy atom. The van der Waals surface area contributed by atoms with E-state index in [2.05, 4.69) is 5.32 Å². The highest BCUT2D eigenvalue weighted by atomic mass is 19.1. The van der Waals surface area contributed by atoms with Gasteiger partial charge in [0.15, 0.2) is 0 Å². The number of nitrogens with one attached hydrogen (secondary N) is 1. The highest BCUT2D eigenvalue weighted by Gasteiger charge is 2.52. The van der Waals surface area contributed by atoms with Crippen LogP contribution in [-0.2, 0) is 16.8 Å². The normalized spacial score (nSPS) is 15.5. The summed E-state index contributed by atoms with van der Waals surface area (Å²) in [5.41, 5.74) is 1.05. The molecule has 0 radical (unpaired) electrons. The van der Waals surface area contributed by atoms with Gasteiger partial charge in [-0.25, -0.2) is 4.39 Å². The zero-order chi connectivity index (χ0) is 14.9. The lowest BCUT2D eigenvalue weighted by Crippen LogP contribution is -2.28. The smallest absolute Gasteiger partial charge is 0.235 e. The fourth-order valence-electron chi connectivity index (χ4n) is 2.59. The van der Waals surface area contributed by atoms with E-state index in [1.807, 2.05) is 0 Å². The predicted octanol–water partition coefficient (Wildman–Crippen LogP) is 2.99. The zero-order valence-corrected chi connectivity index (χ0v) is 11.5. The SMILES string of the molecule is O=C(Nc1cccc(CO)c1)C1(c2ccccc2F)CC1. The van der Waals surface area contributed by atoms with Crippen molar-refractivity contribution < 1.29 is 14.3 Å². The first kappa shape index (κ1) is 13.8. The highest BCUT2D eigenvalue weighted by Crippen LogP contribution is 2.49. The standard InChI is InChI=1S/C17H16FNO2/c18-15-7-2-1-6-14(15)17(8-9-17)16(21)19-13-5-3-4-12(10-13)11-20/h1-7,10,20H,8-9,11H2,(H,19,21). The molecule has 21 heavy (non-hydrogen) atoms. The van der Waals surface area contributed by atoms with E-state index in [1.165, 1.54) is 6.07 Å². The number of carbonyl (C=O) groups excluding carboxylic acids is 1. The Morgan fingerprint density at radius 1 is 1.19 bits per heavy atom. The van der Waals surface area contributed by atoms with E-state index in [0.717, 1.165) is 5.56 Å². The molecule has 2 N–H and O–H groups in total. The summed E-state index contributed by atoms with van der Waals surface area (Å²) in [7, 11) is 0. The summed E-state index contributed by atoms with van der Waals surface area (Å²) in [6.07, 6.45) is 1.30. The first-order chi connectivity index (χ1) is 10.2. The van der Waals surface area contributed by atoms with E-state index < -0.39 is 5.41 Å². The Balaban J connectivity index is 1.84. The minimum atomic E-state index is -0.749. The molecule has 1 aliphatic carbocycles. The molecule has 0 saturated heterocycles. The van der Waals surface area contributed by atoms with Crippen LogP contribution in [0.25, 0.3) is 0 Å². The first-order valence-electron chi connectivity index (χ1n) is 6.92. The second kappa shape index (κ2) is 5.30. The van der Waals surface area contributed by atoms with Crippen LogP contribution in [-0.4, -0.2) is 11.0 Å². The molecule has 1 fully saturated rings. The average Bonchev–Trinajstić information content (AvgIpc) is 3.29. The Bertz CT molecular complexity index is 680. The number of benzene rings is 2. The van der Waals surface area contributed by atoms with Crippen molar-refractivity contribution >= 4 is 11.6 Å². The van der Waals surface area contributed by atoms with Crippen molar-refractivity contribution in [2.24, 2.45) is 0 Å². The maximum absolute atomic E-state index is 13.9. The minimum Gasteiger partial charge on any atom is -0.392 e. The van der Waals surface area contributed by atoms with Gasteiger partial charge in [0.25, 0.3) is 0 Å². The van der Waals surface area contributed by atoms with Crippen LogP contribution in [0, 0.1) is 5.82 Å². The number of rotatable bonds is 4. The van der Waals surface area contributed by atoms with Crippen molar-refractivity contribution in [2.75, 3.05) is 5.32 Å². The lowest BCUT2D eigenvalue weighted by atomic mass is 9.94. The molecule has 0 aliphatic heterocycles. The molecular formula is C17H16FNO2. The predicted molar refractivity (Wildman–Crippen MR) is 78.3 cm³/mol. The maximum atomic E-state index is 13.9. The largest absolute Gasteiger partial charge is 0.392 e. The van der Waals surface area contributed by atoms with E-state index in [4.69, 9.17) is 5.11 Å². The molecule has 1 saturated carbocycles. The van der Waals surface area contributed by atoms with Crippen LogP contribution < -0.4 is 5.32 Å². The Morgan fingerprint density at radius 2 is 1.95 bits per heavy atom. The lowest BCUT2D eigenvalue weighted by Gasteiger charge is -2.16. The number of carbonyl (C=O) groups is 1. The van der Waals surface area contributed by atoms with Crippen molar-refractivity contribution in [1.29, 1.82) is 0 Å². The number of halogens is 1. The number of hydrogen-bond acceptors (Lipinski definition) is 2. The van der Waals surface area contributed by atoms with Crippen LogP contribution in [0.3, 0.4) is 0 Å². The molecule has 4 heteroatoms. The molecule has 1 aliphatic rings. The van der Waals surface area contributed by atoms with Crippen molar-refractivity contribution in [1.82, 2.24) is 0 Å². The average molecular weight is 285 g/mol. The third kappa shape index (κ3) is 2.54. The molecular weight excluding hydrogens is 269 g/mol. The van der Waals surface area contributed by atoms with Crippen molar-refractivity contribution in [2.45, 2.75) is 24.9 Å². The molecule has 0 bridgehead atoms. The van der Waals surface area contributed by atoms with Crippen LogP contribution in [0.5, 0.6) is 0 Å². The third-order valence-corrected chi connectivity index (χ3v) is 3.94. The molecule has 3 nitrogen and oxygen atoms in total. The lowest BCUT2D eigenvalue weighted by molar-refractivity contribution is -0.118. The fourth-order valence-corrected chi connectivity index (χ4v) is 2.59. The summed E-state index contributed by atoms with van der Waals surface area (Å²) in [4.78, 5) is 12.5. The minimum absolute atomic E-state index is 0.0812. The van der Waals surface area contributed by atoms with Gasteiger partial charge in [0, 0.05) is 11.3 Å². The number of hydrogen-bond donors (Lipinski definition) is 2. The van der Waals surface area contributed by atoms with E-state index in [9.17, 15) is 9.18 Å². The van der Waals surface area contributed by atoms with Gasteiger partial charge >= 0.3 is 0 Å². The Kier molecular flexibility index (Phi) is 3.47. The quantitative estimate of drug-likeness (QED) is 0.907. The molecule has 3 rings (SSSR count). The maximum Gasteiger partial charge on any atom is 0.235 e. The van der Waals surface area contributed by atoms with Gasteiger partial charge in [0.2, 0.25) is 5.91 Å². The summed E-state index contributed by atoms with van der Waals surface area (Å²) in [6.45, 7) is -0.0812. The third-order valence-electron chi connectivity index (χ3n) is 3.94. The molecule has 1 amide bonds. The number of amides is 1. The van der Waals surface area contributed by atoms with Gasteiger partial charge in [-0.1, -0.05) is 30.3 Å². The molecule has 0 aromatic heterocycles. The second-order valence-corrected chi connectivity index (χ2v) is 5.37. The van der Waals surface area contributed by atoms with Gasteiger partial charge in [0.05, 0.1) is 12.0 Å². The monoisotopic (exact) mass is 285 g/mol.